The van der Waals surface area contributed by atoms with Gasteiger partial charge in [-0.05, 0) is 12.1 Å². The highest BCUT2D eigenvalue weighted by Crippen LogP contribution is 2.25. The van der Waals surface area contributed by atoms with E-state index in [9.17, 15) is 0 Å². The van der Waals surface area contributed by atoms with E-state index in [1.807, 2.05) is 14.2 Å². The molecular formula is C29H62O2Si. The summed E-state index contributed by atoms with van der Waals surface area (Å²) >= 11 is 0. The Morgan fingerprint density at radius 3 is 0.781 bits per heavy atom. The third-order valence-electron chi connectivity index (χ3n) is 7.32. The molecular weight excluding hydrogens is 408 g/mol. The SMILES string of the molecule is CCCCCCCCCCCCCCCCCCC[Si](CCCCCCCC)(OC)OC. The van der Waals surface area contributed by atoms with E-state index in [2.05, 4.69) is 13.8 Å². The van der Waals surface area contributed by atoms with Crippen molar-refractivity contribution >= 4 is 8.56 Å². The second-order valence-corrected chi connectivity index (χ2v) is 13.9. The number of hydrogen-bond donors (Lipinski definition) is 0. The Balaban J connectivity index is 3.47. The summed E-state index contributed by atoms with van der Waals surface area (Å²) in [5.74, 6) is 0. The minimum absolute atomic E-state index is 1.19. The molecule has 0 aromatic rings. The normalized spacial score (nSPS) is 12.0. The molecule has 0 atom stereocenters. The molecule has 0 bridgehead atoms. The maximum Gasteiger partial charge on any atom is 0.337 e. The highest BCUT2D eigenvalue weighted by Gasteiger charge is 2.33. The van der Waals surface area contributed by atoms with Crippen LogP contribution >= 0.6 is 0 Å². The predicted octanol–water partition coefficient (Wildman–Crippen LogP) is 10.7. The van der Waals surface area contributed by atoms with Gasteiger partial charge in [-0.25, -0.2) is 0 Å². The van der Waals surface area contributed by atoms with Crippen LogP contribution in [0.25, 0.3) is 0 Å². The van der Waals surface area contributed by atoms with Gasteiger partial charge in [0.05, 0.1) is 0 Å². The first kappa shape index (κ1) is 32.1. The number of hydrogen-bond acceptors (Lipinski definition) is 2. The number of rotatable bonds is 27. The van der Waals surface area contributed by atoms with Crippen LogP contribution in [0, 0.1) is 0 Å². The summed E-state index contributed by atoms with van der Waals surface area (Å²) in [5.41, 5.74) is 0. The molecule has 0 N–H and O–H groups in total. The molecule has 0 fully saturated rings. The van der Waals surface area contributed by atoms with Gasteiger partial charge in [0, 0.05) is 14.2 Å². The Morgan fingerprint density at radius 1 is 0.344 bits per heavy atom. The molecule has 0 aliphatic heterocycles. The van der Waals surface area contributed by atoms with Gasteiger partial charge in [-0.3, -0.25) is 0 Å². The van der Waals surface area contributed by atoms with Crippen molar-refractivity contribution in [2.24, 2.45) is 0 Å². The van der Waals surface area contributed by atoms with E-state index < -0.39 is 8.56 Å². The van der Waals surface area contributed by atoms with Gasteiger partial charge in [-0.2, -0.15) is 0 Å². The molecule has 0 aromatic carbocycles. The minimum Gasteiger partial charge on any atom is -0.398 e. The summed E-state index contributed by atoms with van der Waals surface area (Å²) in [6, 6.07) is 2.37. The van der Waals surface area contributed by atoms with Crippen LogP contribution in [0.2, 0.25) is 12.1 Å². The van der Waals surface area contributed by atoms with Crippen LogP contribution in [0.3, 0.4) is 0 Å². The molecule has 2 nitrogen and oxygen atoms in total. The van der Waals surface area contributed by atoms with Crippen LogP contribution in [-0.4, -0.2) is 22.8 Å². The van der Waals surface area contributed by atoms with Crippen molar-refractivity contribution < 1.29 is 8.85 Å². The quantitative estimate of drug-likeness (QED) is 0.0877. The fraction of sp³-hybridized carbons (Fsp3) is 1.00. The lowest BCUT2D eigenvalue weighted by Crippen LogP contribution is -2.39. The molecule has 32 heavy (non-hydrogen) atoms. The topological polar surface area (TPSA) is 18.5 Å². The minimum atomic E-state index is -1.92. The van der Waals surface area contributed by atoms with Crippen molar-refractivity contribution in [3.8, 4) is 0 Å². The molecule has 0 radical (unpaired) electrons. The molecule has 3 heteroatoms. The molecule has 0 spiro atoms. The summed E-state index contributed by atoms with van der Waals surface area (Å²) in [7, 11) is 1.86. The Bertz CT molecular complexity index is 344. The summed E-state index contributed by atoms with van der Waals surface area (Å²) in [6.07, 6.45) is 32.5. The first-order valence-corrected chi connectivity index (χ1v) is 17.1. The zero-order valence-electron chi connectivity index (χ0n) is 23.0. The Hall–Kier alpha value is 0.137. The fourth-order valence-corrected chi connectivity index (χ4v) is 7.72. The molecule has 0 unspecified atom stereocenters. The van der Waals surface area contributed by atoms with Gasteiger partial charge in [0.2, 0.25) is 0 Å². The van der Waals surface area contributed by atoms with E-state index in [0.29, 0.717) is 0 Å². The zero-order chi connectivity index (χ0) is 23.6. The third-order valence-corrected chi connectivity index (χ3v) is 11.0. The van der Waals surface area contributed by atoms with E-state index in [4.69, 9.17) is 8.85 Å². The van der Waals surface area contributed by atoms with Crippen molar-refractivity contribution in [2.75, 3.05) is 14.2 Å². The Labute approximate surface area is 205 Å². The molecule has 0 saturated heterocycles. The first-order valence-electron chi connectivity index (χ1n) is 14.8. The van der Waals surface area contributed by atoms with Gasteiger partial charge in [-0.1, -0.05) is 162 Å². The molecule has 0 aliphatic rings. The molecule has 0 amide bonds. The maximum absolute atomic E-state index is 5.96. The first-order chi connectivity index (χ1) is 15.7. The average molecular weight is 471 g/mol. The van der Waals surface area contributed by atoms with Gasteiger partial charge in [-0.15, -0.1) is 0 Å². The largest absolute Gasteiger partial charge is 0.398 e. The van der Waals surface area contributed by atoms with E-state index in [1.54, 1.807) is 0 Å². The molecule has 0 heterocycles. The Kier molecular flexibility index (Phi) is 25.9. The standard InChI is InChI=1S/C29H62O2Si/c1-5-7-9-11-13-14-15-16-17-18-19-20-21-22-23-25-27-29-32(30-3,31-4)28-26-24-12-10-8-6-2/h5-29H2,1-4H3. The fourth-order valence-electron chi connectivity index (χ4n) is 4.91. The lowest BCUT2D eigenvalue weighted by molar-refractivity contribution is 0.238. The zero-order valence-corrected chi connectivity index (χ0v) is 24.0. The summed E-state index contributed by atoms with van der Waals surface area (Å²) in [4.78, 5) is 0. The Morgan fingerprint density at radius 2 is 0.562 bits per heavy atom. The van der Waals surface area contributed by atoms with Crippen LogP contribution in [0.4, 0.5) is 0 Å². The van der Waals surface area contributed by atoms with Crippen LogP contribution in [0.1, 0.15) is 162 Å². The van der Waals surface area contributed by atoms with Gasteiger partial charge in [0.15, 0.2) is 0 Å². The van der Waals surface area contributed by atoms with Gasteiger partial charge < -0.3 is 8.85 Å². The highest BCUT2D eigenvalue weighted by molar-refractivity contribution is 6.67. The lowest BCUT2D eigenvalue weighted by atomic mass is 10.0. The molecule has 0 rings (SSSR count). The van der Waals surface area contributed by atoms with Crippen LogP contribution < -0.4 is 0 Å². The third kappa shape index (κ3) is 20.7. The van der Waals surface area contributed by atoms with Crippen molar-refractivity contribution in [3.63, 3.8) is 0 Å². The highest BCUT2D eigenvalue weighted by atomic mass is 28.4. The monoisotopic (exact) mass is 470 g/mol. The smallest absolute Gasteiger partial charge is 0.337 e. The average Bonchev–Trinajstić information content (AvgIpc) is 2.82. The molecule has 0 saturated carbocycles. The second-order valence-electron chi connectivity index (χ2n) is 10.2. The van der Waals surface area contributed by atoms with Crippen LogP contribution in [-0.2, 0) is 8.85 Å². The lowest BCUT2D eigenvalue weighted by Gasteiger charge is -2.27. The van der Waals surface area contributed by atoms with Crippen molar-refractivity contribution in [2.45, 2.75) is 174 Å². The van der Waals surface area contributed by atoms with Gasteiger partial charge in [0.1, 0.15) is 0 Å². The summed E-state index contributed by atoms with van der Waals surface area (Å²) in [5, 5.41) is 0. The predicted molar refractivity (Wildman–Crippen MR) is 147 cm³/mol. The van der Waals surface area contributed by atoms with Gasteiger partial charge in [0.25, 0.3) is 0 Å². The van der Waals surface area contributed by atoms with Crippen molar-refractivity contribution in [3.05, 3.63) is 0 Å². The summed E-state index contributed by atoms with van der Waals surface area (Å²) < 4.78 is 11.9. The second kappa shape index (κ2) is 25.8. The van der Waals surface area contributed by atoms with E-state index >= 15 is 0 Å². The molecule has 0 aliphatic carbocycles. The van der Waals surface area contributed by atoms with E-state index in [0.717, 1.165) is 0 Å². The van der Waals surface area contributed by atoms with Crippen LogP contribution in [0.15, 0.2) is 0 Å². The van der Waals surface area contributed by atoms with Crippen molar-refractivity contribution in [1.82, 2.24) is 0 Å². The summed E-state index contributed by atoms with van der Waals surface area (Å²) in [6.45, 7) is 4.58. The molecule has 0 aromatic heterocycles. The van der Waals surface area contributed by atoms with Crippen molar-refractivity contribution in [1.29, 1.82) is 0 Å². The van der Waals surface area contributed by atoms with E-state index in [-0.39, 0.29) is 0 Å². The van der Waals surface area contributed by atoms with E-state index in [1.165, 1.54) is 160 Å². The van der Waals surface area contributed by atoms with Crippen LogP contribution in [0.5, 0.6) is 0 Å². The maximum atomic E-state index is 5.96. The molecule has 194 valence electrons. The van der Waals surface area contributed by atoms with Gasteiger partial charge >= 0.3 is 8.56 Å². The number of unbranched alkanes of at least 4 members (excludes halogenated alkanes) is 21.